The lowest BCUT2D eigenvalue weighted by Crippen LogP contribution is -2.53. The number of rotatable bonds is 1. The van der Waals surface area contributed by atoms with Crippen LogP contribution < -0.4 is 11.1 Å². The third-order valence-corrected chi connectivity index (χ3v) is 4.96. The number of anilines is 1. The van der Waals surface area contributed by atoms with Crippen molar-refractivity contribution >= 4 is 17.5 Å². The van der Waals surface area contributed by atoms with Gasteiger partial charge >= 0.3 is 0 Å². The molecule has 4 rings (SSSR count). The molecule has 0 aliphatic carbocycles. The average Bonchev–Trinajstić information content (AvgIpc) is 2.70. The lowest BCUT2D eigenvalue weighted by atomic mass is 9.96. The zero-order valence-corrected chi connectivity index (χ0v) is 13.8. The predicted molar refractivity (Wildman–Crippen MR) is 92.5 cm³/mol. The van der Waals surface area contributed by atoms with Gasteiger partial charge in [-0.3, -0.25) is 9.59 Å². The van der Waals surface area contributed by atoms with E-state index in [1.807, 2.05) is 0 Å². The van der Waals surface area contributed by atoms with Crippen molar-refractivity contribution in [3.8, 4) is 11.1 Å². The number of hydrogen-bond donors (Lipinski definition) is 2. The average molecular weight is 357 g/mol. The first-order chi connectivity index (χ1) is 12.4. The van der Waals surface area contributed by atoms with Gasteiger partial charge in [0.25, 0.3) is 5.91 Å². The molecule has 26 heavy (non-hydrogen) atoms. The van der Waals surface area contributed by atoms with Gasteiger partial charge in [-0.15, -0.1) is 0 Å². The Morgan fingerprint density at radius 1 is 1.08 bits per heavy atom. The molecular weight excluding hydrogens is 340 g/mol. The minimum absolute atomic E-state index is 0.125. The highest BCUT2D eigenvalue weighted by Crippen LogP contribution is 2.32. The van der Waals surface area contributed by atoms with Crippen LogP contribution in [0.1, 0.15) is 23.2 Å². The standard InChI is InChI=1S/C19H17F2N3O2/c20-11-2-3-13(15(21)8-11)10-1-4-16-14(7-10)19(26)24-6-5-12(22)9-17(24)18(25)23-16/h1-4,7-8,12,17H,5-6,9,22H2,(H,23,25)/t12-,17-/m0/s1. The van der Waals surface area contributed by atoms with Gasteiger partial charge in [0.15, 0.2) is 0 Å². The lowest BCUT2D eigenvalue weighted by molar-refractivity contribution is -0.121. The van der Waals surface area contributed by atoms with Crippen LogP contribution in [0.5, 0.6) is 0 Å². The molecule has 2 aliphatic rings. The Balaban J connectivity index is 1.78. The Labute approximate surface area is 148 Å². The molecule has 2 aliphatic heterocycles. The molecule has 2 aromatic rings. The van der Waals surface area contributed by atoms with Gasteiger partial charge in [0.2, 0.25) is 5.91 Å². The van der Waals surface area contributed by atoms with Crippen LogP contribution in [0.25, 0.3) is 11.1 Å². The van der Waals surface area contributed by atoms with E-state index in [1.54, 1.807) is 12.1 Å². The third-order valence-electron chi connectivity index (χ3n) is 4.96. The first-order valence-electron chi connectivity index (χ1n) is 8.41. The second-order valence-electron chi connectivity index (χ2n) is 6.67. The summed E-state index contributed by atoms with van der Waals surface area (Å²) in [5.74, 6) is -1.94. The van der Waals surface area contributed by atoms with Crippen LogP contribution in [0, 0.1) is 11.6 Å². The van der Waals surface area contributed by atoms with E-state index < -0.39 is 17.7 Å². The van der Waals surface area contributed by atoms with Gasteiger partial charge in [-0.25, -0.2) is 8.78 Å². The second kappa shape index (κ2) is 6.17. The lowest BCUT2D eigenvalue weighted by Gasteiger charge is -2.35. The minimum atomic E-state index is -0.711. The maximum Gasteiger partial charge on any atom is 0.256 e. The number of piperidine rings is 1. The molecule has 0 unspecified atom stereocenters. The number of benzene rings is 2. The van der Waals surface area contributed by atoms with Gasteiger partial charge in [0.1, 0.15) is 17.7 Å². The molecule has 5 nitrogen and oxygen atoms in total. The van der Waals surface area contributed by atoms with Crippen molar-refractivity contribution in [1.29, 1.82) is 0 Å². The van der Waals surface area contributed by atoms with E-state index in [9.17, 15) is 18.4 Å². The molecule has 0 radical (unpaired) electrons. The number of nitrogens with zero attached hydrogens (tertiary/aromatic N) is 1. The molecule has 1 fully saturated rings. The van der Waals surface area contributed by atoms with Crippen LogP contribution in [0.2, 0.25) is 0 Å². The molecule has 1 saturated heterocycles. The van der Waals surface area contributed by atoms with E-state index in [-0.39, 0.29) is 29.0 Å². The zero-order valence-electron chi connectivity index (χ0n) is 13.8. The molecule has 0 saturated carbocycles. The van der Waals surface area contributed by atoms with E-state index in [4.69, 9.17) is 5.73 Å². The highest BCUT2D eigenvalue weighted by Gasteiger charge is 2.39. The van der Waals surface area contributed by atoms with E-state index in [0.29, 0.717) is 30.6 Å². The Morgan fingerprint density at radius 3 is 2.65 bits per heavy atom. The summed E-state index contributed by atoms with van der Waals surface area (Å²) in [5, 5.41) is 2.76. The molecule has 7 heteroatoms. The fraction of sp³-hybridized carbons (Fsp3) is 0.263. The molecule has 0 spiro atoms. The number of nitrogens with two attached hydrogens (primary N) is 1. The fourth-order valence-electron chi connectivity index (χ4n) is 3.58. The van der Waals surface area contributed by atoms with Gasteiger partial charge in [-0.2, -0.15) is 0 Å². The van der Waals surface area contributed by atoms with E-state index in [0.717, 1.165) is 12.1 Å². The van der Waals surface area contributed by atoms with Crippen molar-refractivity contribution in [2.24, 2.45) is 5.73 Å². The highest BCUT2D eigenvalue weighted by molar-refractivity contribution is 6.10. The molecular formula is C19H17F2N3O2. The fourth-order valence-corrected chi connectivity index (χ4v) is 3.58. The summed E-state index contributed by atoms with van der Waals surface area (Å²) < 4.78 is 27.3. The number of fused-ring (bicyclic) bond motifs is 2. The van der Waals surface area contributed by atoms with E-state index in [1.165, 1.54) is 17.0 Å². The van der Waals surface area contributed by atoms with Crippen molar-refractivity contribution in [2.45, 2.75) is 24.9 Å². The summed E-state index contributed by atoms with van der Waals surface area (Å²) in [6, 6.07) is 7.26. The monoisotopic (exact) mass is 357 g/mol. The molecule has 2 atom stereocenters. The van der Waals surface area contributed by atoms with Crippen LogP contribution in [-0.4, -0.2) is 35.3 Å². The summed E-state index contributed by atoms with van der Waals surface area (Å²) in [7, 11) is 0. The predicted octanol–water partition coefficient (Wildman–Crippen LogP) is 2.52. The molecule has 2 aromatic carbocycles. The van der Waals surface area contributed by atoms with Crippen molar-refractivity contribution in [3.05, 3.63) is 53.6 Å². The van der Waals surface area contributed by atoms with Gasteiger partial charge in [0.05, 0.1) is 11.3 Å². The van der Waals surface area contributed by atoms with Crippen molar-refractivity contribution in [2.75, 3.05) is 11.9 Å². The summed E-state index contributed by atoms with van der Waals surface area (Å²) >= 11 is 0. The molecule has 3 N–H and O–H groups in total. The molecule has 2 amide bonds. The van der Waals surface area contributed by atoms with Gasteiger partial charge < -0.3 is 16.0 Å². The number of hydrogen-bond acceptors (Lipinski definition) is 3. The summed E-state index contributed by atoms with van der Waals surface area (Å²) in [6.45, 7) is 0.395. The summed E-state index contributed by atoms with van der Waals surface area (Å²) in [6.07, 6.45) is 1.03. The minimum Gasteiger partial charge on any atom is -0.328 e. The Hall–Kier alpha value is -2.80. The number of halogens is 2. The van der Waals surface area contributed by atoms with Crippen LogP contribution in [0.4, 0.5) is 14.5 Å². The number of carbonyl (C=O) groups excluding carboxylic acids is 2. The second-order valence-corrected chi connectivity index (χ2v) is 6.67. The van der Waals surface area contributed by atoms with Gasteiger partial charge in [-0.05, 0) is 42.7 Å². The maximum atomic E-state index is 14.1. The largest absolute Gasteiger partial charge is 0.328 e. The van der Waals surface area contributed by atoms with E-state index >= 15 is 0 Å². The number of amides is 2. The number of nitrogens with one attached hydrogen (secondary N) is 1. The molecule has 0 bridgehead atoms. The Bertz CT molecular complexity index is 916. The van der Waals surface area contributed by atoms with Crippen LogP contribution in [0.15, 0.2) is 36.4 Å². The Morgan fingerprint density at radius 2 is 1.88 bits per heavy atom. The van der Waals surface area contributed by atoms with Gasteiger partial charge in [-0.1, -0.05) is 6.07 Å². The van der Waals surface area contributed by atoms with E-state index in [2.05, 4.69) is 5.32 Å². The normalized spacial score (nSPS) is 22.3. The number of carbonyl (C=O) groups is 2. The van der Waals surface area contributed by atoms with Gasteiger partial charge in [0, 0.05) is 24.2 Å². The first-order valence-corrected chi connectivity index (χ1v) is 8.41. The van der Waals surface area contributed by atoms with Crippen LogP contribution >= 0.6 is 0 Å². The maximum absolute atomic E-state index is 14.1. The highest BCUT2D eigenvalue weighted by atomic mass is 19.1. The van der Waals surface area contributed by atoms with Crippen LogP contribution in [-0.2, 0) is 4.79 Å². The SMILES string of the molecule is N[C@H]1CCN2C(=O)c3cc(-c4ccc(F)cc4F)ccc3NC(=O)[C@@H]2C1. The summed E-state index contributed by atoms with van der Waals surface area (Å²) in [4.78, 5) is 27.0. The molecule has 2 heterocycles. The van der Waals surface area contributed by atoms with Crippen molar-refractivity contribution < 1.29 is 18.4 Å². The molecule has 134 valence electrons. The van der Waals surface area contributed by atoms with Crippen LogP contribution in [0.3, 0.4) is 0 Å². The Kier molecular flexibility index (Phi) is 3.96. The third kappa shape index (κ3) is 2.74. The zero-order chi connectivity index (χ0) is 18.4. The summed E-state index contributed by atoms with van der Waals surface area (Å²) in [5.41, 5.74) is 7.25. The van der Waals surface area contributed by atoms with Crippen molar-refractivity contribution in [3.63, 3.8) is 0 Å². The molecule has 0 aromatic heterocycles. The smallest absolute Gasteiger partial charge is 0.256 e. The quantitative estimate of drug-likeness (QED) is 0.823. The topological polar surface area (TPSA) is 75.4 Å². The van der Waals surface area contributed by atoms with Crippen molar-refractivity contribution in [1.82, 2.24) is 4.90 Å². The first kappa shape index (κ1) is 16.7.